The normalized spacial score (nSPS) is 14.7. The van der Waals surface area contributed by atoms with Gasteiger partial charge in [-0.3, -0.25) is 4.79 Å². The first-order chi connectivity index (χ1) is 9.65. The topological polar surface area (TPSA) is 95.5 Å². The van der Waals surface area contributed by atoms with Gasteiger partial charge in [-0.1, -0.05) is 12.1 Å². The van der Waals surface area contributed by atoms with Gasteiger partial charge in [-0.05, 0) is 39.8 Å². The van der Waals surface area contributed by atoms with Crippen molar-refractivity contribution in [2.75, 3.05) is 5.32 Å². The number of hydrogen-bond donors (Lipinski definition) is 3. The Morgan fingerprint density at radius 2 is 1.71 bits per heavy atom. The highest BCUT2D eigenvalue weighted by Crippen LogP contribution is 2.23. The summed E-state index contributed by atoms with van der Waals surface area (Å²) in [5.74, 6) is -1.57. The van der Waals surface area contributed by atoms with Crippen LogP contribution in [-0.4, -0.2) is 31.6 Å². The molecule has 0 bridgehead atoms. The average molecular weight is 314 g/mol. The van der Waals surface area contributed by atoms with Crippen LogP contribution < -0.4 is 10.0 Å². The number of carboxylic acids is 1. The van der Waals surface area contributed by atoms with E-state index in [1.807, 2.05) is 0 Å². The van der Waals surface area contributed by atoms with Gasteiger partial charge in [-0.2, -0.15) is 0 Å². The second-order valence-electron chi connectivity index (χ2n) is 5.33. The van der Waals surface area contributed by atoms with Crippen molar-refractivity contribution in [3.05, 3.63) is 24.3 Å². The molecule has 0 aliphatic carbocycles. The fourth-order valence-electron chi connectivity index (χ4n) is 1.78. The van der Waals surface area contributed by atoms with Gasteiger partial charge in [-0.15, -0.1) is 0 Å². The minimum absolute atomic E-state index is 0.114. The molecule has 0 fully saturated rings. The lowest BCUT2D eigenvalue weighted by atomic mass is 10.0. The molecule has 1 aromatic rings. The molecule has 0 heterocycles. The van der Waals surface area contributed by atoms with Crippen LogP contribution >= 0.6 is 0 Å². The van der Waals surface area contributed by atoms with Crippen molar-refractivity contribution in [2.24, 2.45) is 5.92 Å². The number of hydrogen-bond acceptors (Lipinski definition) is 4. The molecule has 1 rings (SSSR count). The van der Waals surface area contributed by atoms with Crippen molar-refractivity contribution in [3.63, 3.8) is 0 Å². The first kappa shape index (κ1) is 17.5. The fraction of sp³-hybridized carbons (Fsp3) is 0.500. The number of anilines is 1. The Bertz CT molecular complexity index is 599. The van der Waals surface area contributed by atoms with Crippen LogP contribution in [0.15, 0.2) is 29.2 Å². The maximum absolute atomic E-state index is 12.3. The molecule has 0 aliphatic heterocycles. The van der Waals surface area contributed by atoms with E-state index < -0.39 is 28.0 Å². The lowest BCUT2D eigenvalue weighted by molar-refractivity contribution is -0.141. The van der Waals surface area contributed by atoms with E-state index in [0.29, 0.717) is 5.69 Å². The zero-order valence-corrected chi connectivity index (χ0v) is 13.4. The minimum Gasteiger partial charge on any atom is -0.481 e. The third kappa shape index (κ3) is 4.71. The van der Waals surface area contributed by atoms with Crippen molar-refractivity contribution < 1.29 is 18.3 Å². The zero-order valence-electron chi connectivity index (χ0n) is 12.6. The Balaban J connectivity index is 3.08. The van der Waals surface area contributed by atoms with E-state index in [9.17, 15) is 13.2 Å². The summed E-state index contributed by atoms with van der Waals surface area (Å²) in [6.45, 7) is 6.76. The average Bonchev–Trinajstić information content (AvgIpc) is 2.36. The maximum atomic E-state index is 12.3. The maximum Gasteiger partial charge on any atom is 0.308 e. The number of para-hydroxylation sites is 1. The monoisotopic (exact) mass is 314 g/mol. The highest BCUT2D eigenvalue weighted by atomic mass is 32.2. The lowest BCUT2D eigenvalue weighted by Crippen LogP contribution is -2.33. The number of benzene rings is 1. The van der Waals surface area contributed by atoms with Crippen LogP contribution in [0.25, 0.3) is 0 Å². The van der Waals surface area contributed by atoms with E-state index in [1.165, 1.54) is 6.07 Å². The van der Waals surface area contributed by atoms with Crippen molar-refractivity contribution >= 4 is 21.7 Å². The van der Waals surface area contributed by atoms with Gasteiger partial charge >= 0.3 is 5.97 Å². The van der Waals surface area contributed by atoms with E-state index in [1.54, 1.807) is 45.9 Å². The predicted octanol–water partition coefficient (Wildman–Crippen LogP) is 1.89. The van der Waals surface area contributed by atoms with Crippen LogP contribution in [0.4, 0.5) is 5.69 Å². The van der Waals surface area contributed by atoms with Crippen molar-refractivity contribution in [1.82, 2.24) is 4.72 Å². The Morgan fingerprint density at radius 1 is 1.14 bits per heavy atom. The second kappa shape index (κ2) is 6.91. The molecule has 0 saturated heterocycles. The van der Waals surface area contributed by atoms with Crippen LogP contribution in [0, 0.1) is 5.92 Å². The number of rotatable bonds is 7. The van der Waals surface area contributed by atoms with Crippen molar-refractivity contribution in [3.8, 4) is 0 Å². The predicted molar refractivity (Wildman–Crippen MR) is 81.8 cm³/mol. The van der Waals surface area contributed by atoms with Gasteiger partial charge < -0.3 is 10.4 Å². The minimum atomic E-state index is -3.64. The second-order valence-corrected chi connectivity index (χ2v) is 7.01. The summed E-state index contributed by atoms with van der Waals surface area (Å²) in [6.07, 6.45) is 0. The summed E-state index contributed by atoms with van der Waals surface area (Å²) in [5, 5.41) is 12.0. The molecule has 0 saturated carbocycles. The van der Waals surface area contributed by atoms with E-state index in [2.05, 4.69) is 10.0 Å². The Kier molecular flexibility index (Phi) is 5.74. The Morgan fingerprint density at radius 3 is 2.24 bits per heavy atom. The van der Waals surface area contributed by atoms with Gasteiger partial charge in [0.25, 0.3) is 0 Å². The Hall–Kier alpha value is -1.60. The van der Waals surface area contributed by atoms with E-state index in [0.717, 1.165) is 0 Å². The van der Waals surface area contributed by atoms with Crippen molar-refractivity contribution in [1.29, 1.82) is 0 Å². The summed E-state index contributed by atoms with van der Waals surface area (Å²) in [5.41, 5.74) is 0.395. The summed E-state index contributed by atoms with van der Waals surface area (Å²) >= 11 is 0. The first-order valence-electron chi connectivity index (χ1n) is 6.76. The van der Waals surface area contributed by atoms with Gasteiger partial charge in [0.15, 0.2) is 0 Å². The summed E-state index contributed by atoms with van der Waals surface area (Å²) in [4.78, 5) is 11.1. The third-order valence-corrected chi connectivity index (χ3v) is 4.81. The van der Waals surface area contributed by atoms with Gasteiger partial charge in [0.1, 0.15) is 4.90 Å². The first-order valence-corrected chi connectivity index (χ1v) is 8.24. The van der Waals surface area contributed by atoms with E-state index >= 15 is 0 Å². The van der Waals surface area contributed by atoms with Gasteiger partial charge in [0.05, 0.1) is 11.6 Å². The molecule has 0 aromatic heterocycles. The number of sulfonamides is 1. The van der Waals surface area contributed by atoms with Crippen LogP contribution in [0.3, 0.4) is 0 Å². The molecular formula is C14H22N2O4S. The molecule has 7 heteroatoms. The summed E-state index contributed by atoms with van der Waals surface area (Å²) in [7, 11) is -3.64. The molecule has 0 spiro atoms. The fourth-order valence-corrected chi connectivity index (χ4v) is 3.20. The smallest absolute Gasteiger partial charge is 0.308 e. The molecule has 0 aliphatic rings. The Labute approximate surface area is 125 Å². The molecule has 2 atom stereocenters. The van der Waals surface area contributed by atoms with Crippen LogP contribution in [0.2, 0.25) is 0 Å². The van der Waals surface area contributed by atoms with Gasteiger partial charge in [-0.25, -0.2) is 13.1 Å². The highest BCUT2D eigenvalue weighted by molar-refractivity contribution is 7.89. The standard InChI is InChI=1S/C14H22N2O4S/c1-9(2)16-21(19,20)13-8-6-5-7-12(13)15-11(4)10(3)14(17)18/h5-11,15-16H,1-4H3,(H,17,18). The molecule has 2 unspecified atom stereocenters. The molecule has 0 amide bonds. The summed E-state index contributed by atoms with van der Waals surface area (Å²) < 4.78 is 27.1. The number of carboxylic acid groups (broad SMARTS) is 1. The van der Waals surface area contributed by atoms with Crippen LogP contribution in [-0.2, 0) is 14.8 Å². The molecule has 118 valence electrons. The number of nitrogens with one attached hydrogen (secondary N) is 2. The largest absolute Gasteiger partial charge is 0.481 e. The van der Waals surface area contributed by atoms with Gasteiger partial charge in [0.2, 0.25) is 10.0 Å². The number of carbonyl (C=O) groups is 1. The number of aliphatic carboxylic acids is 1. The highest BCUT2D eigenvalue weighted by Gasteiger charge is 2.23. The van der Waals surface area contributed by atoms with Crippen LogP contribution in [0.5, 0.6) is 0 Å². The molecular weight excluding hydrogens is 292 g/mol. The zero-order chi connectivity index (χ0) is 16.2. The molecule has 21 heavy (non-hydrogen) atoms. The quantitative estimate of drug-likeness (QED) is 0.714. The molecule has 6 nitrogen and oxygen atoms in total. The SMILES string of the molecule is CC(C)NS(=O)(=O)c1ccccc1NC(C)C(C)C(=O)O. The molecule has 1 aromatic carbocycles. The summed E-state index contributed by atoms with van der Waals surface area (Å²) in [6, 6.07) is 5.82. The molecule has 3 N–H and O–H groups in total. The van der Waals surface area contributed by atoms with E-state index in [-0.39, 0.29) is 10.9 Å². The van der Waals surface area contributed by atoms with E-state index in [4.69, 9.17) is 5.11 Å². The van der Waals surface area contributed by atoms with Crippen molar-refractivity contribution in [2.45, 2.75) is 44.7 Å². The lowest BCUT2D eigenvalue weighted by Gasteiger charge is -2.21. The molecule has 0 radical (unpaired) electrons. The van der Waals surface area contributed by atoms with Gasteiger partial charge in [0, 0.05) is 12.1 Å². The third-order valence-electron chi connectivity index (χ3n) is 3.09. The van der Waals surface area contributed by atoms with Crippen LogP contribution in [0.1, 0.15) is 27.7 Å².